The fourth-order valence-electron chi connectivity index (χ4n) is 1.78. The molecule has 0 spiro atoms. The molecule has 0 aromatic carbocycles. The highest BCUT2D eigenvalue weighted by Gasteiger charge is 2.34. The third kappa shape index (κ3) is 2.83. The summed E-state index contributed by atoms with van der Waals surface area (Å²) in [6.45, 7) is 1.67. The minimum Gasteiger partial charge on any atom is -0.481 e. The van der Waals surface area contributed by atoms with Crippen LogP contribution in [0.25, 0.3) is 0 Å². The average molecular weight is 238 g/mol. The molecule has 0 bridgehead atoms. The first-order chi connectivity index (χ1) is 8.08. The summed E-state index contributed by atoms with van der Waals surface area (Å²) in [5, 5.41) is 11.5. The quantitative estimate of drug-likeness (QED) is 0.797. The zero-order chi connectivity index (χ0) is 12.4. The van der Waals surface area contributed by atoms with Crippen LogP contribution in [-0.2, 0) is 4.79 Å². The van der Waals surface area contributed by atoms with Crippen LogP contribution < -0.4 is 5.32 Å². The molecule has 6 heteroatoms. The molecule has 1 aliphatic carbocycles. The first-order valence-electron chi connectivity index (χ1n) is 5.50. The Hall–Kier alpha value is -1.85. The van der Waals surface area contributed by atoms with Crippen LogP contribution in [0.2, 0.25) is 0 Å². The Morgan fingerprint density at radius 2 is 2.35 bits per heavy atom. The van der Waals surface area contributed by atoms with E-state index in [2.05, 4.69) is 10.3 Å². The van der Waals surface area contributed by atoms with Crippen molar-refractivity contribution in [2.45, 2.75) is 32.2 Å². The summed E-state index contributed by atoms with van der Waals surface area (Å²) in [5.74, 6) is -0.867. The highest BCUT2D eigenvalue weighted by Crippen LogP contribution is 2.34. The number of hydrogen-bond acceptors (Lipinski definition) is 4. The van der Waals surface area contributed by atoms with E-state index in [1.165, 1.54) is 6.39 Å². The van der Waals surface area contributed by atoms with Crippen molar-refractivity contribution in [2.75, 3.05) is 0 Å². The smallest absolute Gasteiger partial charge is 0.305 e. The Morgan fingerprint density at radius 3 is 2.82 bits per heavy atom. The Kier molecular flexibility index (Phi) is 3.12. The summed E-state index contributed by atoms with van der Waals surface area (Å²) >= 11 is 0. The van der Waals surface area contributed by atoms with Gasteiger partial charge in [-0.2, -0.15) is 0 Å². The van der Waals surface area contributed by atoms with Crippen molar-refractivity contribution in [3.8, 4) is 0 Å². The van der Waals surface area contributed by atoms with Gasteiger partial charge in [0.15, 0.2) is 6.39 Å². The van der Waals surface area contributed by atoms with Gasteiger partial charge in [-0.05, 0) is 25.7 Å². The third-order valence-electron chi connectivity index (χ3n) is 2.85. The van der Waals surface area contributed by atoms with Gasteiger partial charge in [0.2, 0.25) is 5.76 Å². The molecule has 2 rings (SSSR count). The van der Waals surface area contributed by atoms with Gasteiger partial charge in [-0.1, -0.05) is 0 Å². The van der Waals surface area contributed by atoms with Gasteiger partial charge < -0.3 is 14.8 Å². The number of carbonyl (C=O) groups is 2. The van der Waals surface area contributed by atoms with Crippen LogP contribution in [0.5, 0.6) is 0 Å². The molecule has 1 amide bonds. The second kappa shape index (κ2) is 4.57. The van der Waals surface area contributed by atoms with Crippen LogP contribution in [0.1, 0.15) is 35.5 Å². The molecule has 1 aromatic heterocycles. The number of rotatable bonds is 5. The molecule has 0 aliphatic heterocycles. The number of nitrogens with zero attached hydrogens (tertiary/aromatic N) is 1. The van der Waals surface area contributed by atoms with E-state index in [0.717, 1.165) is 12.8 Å². The van der Waals surface area contributed by atoms with E-state index in [1.54, 1.807) is 6.92 Å². The number of nitrogens with one attached hydrogen (secondary N) is 1. The lowest BCUT2D eigenvalue weighted by Crippen LogP contribution is -2.38. The molecule has 2 N–H and O–H groups in total. The van der Waals surface area contributed by atoms with Crippen molar-refractivity contribution in [3.05, 3.63) is 17.8 Å². The lowest BCUT2D eigenvalue weighted by Gasteiger charge is -2.15. The maximum absolute atomic E-state index is 11.8. The molecule has 6 nitrogen and oxygen atoms in total. The van der Waals surface area contributed by atoms with Crippen molar-refractivity contribution < 1.29 is 19.1 Å². The summed E-state index contributed by atoms with van der Waals surface area (Å²) in [5.41, 5.74) is 0.507. The van der Waals surface area contributed by atoms with Crippen LogP contribution in [0.4, 0.5) is 0 Å². The van der Waals surface area contributed by atoms with Crippen molar-refractivity contribution in [1.82, 2.24) is 10.3 Å². The zero-order valence-corrected chi connectivity index (χ0v) is 9.47. The second-order valence-electron chi connectivity index (χ2n) is 4.28. The molecule has 1 aliphatic rings. The molecule has 17 heavy (non-hydrogen) atoms. The Balaban J connectivity index is 2.00. The molecule has 1 atom stereocenters. The van der Waals surface area contributed by atoms with E-state index >= 15 is 0 Å². The predicted molar refractivity (Wildman–Crippen MR) is 57.5 cm³/mol. The SMILES string of the molecule is Cc1ncoc1C(=O)NC(CC(=O)O)C1CC1. The number of aryl methyl sites for hydroxylation is 1. The average Bonchev–Trinajstić information content (AvgIpc) is 3.00. The van der Waals surface area contributed by atoms with E-state index in [1.807, 2.05) is 0 Å². The summed E-state index contributed by atoms with van der Waals surface area (Å²) in [6, 6.07) is -0.315. The van der Waals surface area contributed by atoms with Gasteiger partial charge in [0.25, 0.3) is 5.91 Å². The molecule has 1 heterocycles. The minimum absolute atomic E-state index is 0.0520. The highest BCUT2D eigenvalue weighted by molar-refractivity contribution is 5.92. The van der Waals surface area contributed by atoms with E-state index in [0.29, 0.717) is 5.69 Å². The number of amides is 1. The van der Waals surface area contributed by atoms with Crippen molar-refractivity contribution in [3.63, 3.8) is 0 Å². The van der Waals surface area contributed by atoms with Crippen LogP contribution in [-0.4, -0.2) is 28.0 Å². The molecular weight excluding hydrogens is 224 g/mol. The zero-order valence-electron chi connectivity index (χ0n) is 9.47. The van der Waals surface area contributed by atoms with Gasteiger partial charge in [0, 0.05) is 6.04 Å². The molecule has 1 saturated carbocycles. The van der Waals surface area contributed by atoms with Gasteiger partial charge in [0.1, 0.15) is 0 Å². The molecule has 1 aromatic rings. The lowest BCUT2D eigenvalue weighted by atomic mass is 10.1. The number of carboxylic acids is 1. The number of hydrogen-bond donors (Lipinski definition) is 2. The van der Waals surface area contributed by atoms with Crippen LogP contribution in [0.3, 0.4) is 0 Å². The molecule has 1 fully saturated rings. The topological polar surface area (TPSA) is 92.4 Å². The van der Waals surface area contributed by atoms with Gasteiger partial charge in [-0.3, -0.25) is 9.59 Å². The summed E-state index contributed by atoms with van der Waals surface area (Å²) in [4.78, 5) is 26.3. The van der Waals surface area contributed by atoms with Crippen LogP contribution in [0, 0.1) is 12.8 Å². The largest absolute Gasteiger partial charge is 0.481 e. The molecule has 0 radical (unpaired) electrons. The Bertz CT molecular complexity index is 436. The van der Waals surface area contributed by atoms with E-state index < -0.39 is 11.9 Å². The number of oxazole rings is 1. The second-order valence-corrected chi connectivity index (χ2v) is 4.28. The lowest BCUT2D eigenvalue weighted by molar-refractivity contribution is -0.137. The number of carboxylic acid groups (broad SMARTS) is 1. The van der Waals surface area contributed by atoms with E-state index in [-0.39, 0.29) is 24.1 Å². The summed E-state index contributed by atoms with van der Waals surface area (Å²) < 4.78 is 4.96. The molecular formula is C11H14N2O4. The van der Waals surface area contributed by atoms with Crippen molar-refractivity contribution >= 4 is 11.9 Å². The number of aliphatic carboxylic acids is 1. The molecule has 0 saturated heterocycles. The standard InChI is InChI=1S/C11H14N2O4/c1-6-10(17-5-12-6)11(16)13-8(4-9(14)15)7-2-3-7/h5,7-8H,2-4H2,1H3,(H,13,16)(H,14,15). The third-order valence-corrected chi connectivity index (χ3v) is 2.85. The van der Waals surface area contributed by atoms with Crippen molar-refractivity contribution in [1.29, 1.82) is 0 Å². The molecule has 1 unspecified atom stereocenters. The number of aromatic nitrogens is 1. The fraction of sp³-hybridized carbons (Fsp3) is 0.545. The Labute approximate surface area is 98.0 Å². The number of carbonyl (C=O) groups excluding carboxylic acids is 1. The molecule has 92 valence electrons. The highest BCUT2D eigenvalue weighted by atomic mass is 16.4. The first kappa shape index (κ1) is 11.6. The predicted octanol–water partition coefficient (Wildman–Crippen LogP) is 0.966. The Morgan fingerprint density at radius 1 is 1.65 bits per heavy atom. The van der Waals surface area contributed by atoms with E-state index in [4.69, 9.17) is 9.52 Å². The van der Waals surface area contributed by atoms with E-state index in [9.17, 15) is 9.59 Å². The maximum Gasteiger partial charge on any atom is 0.305 e. The monoisotopic (exact) mass is 238 g/mol. The maximum atomic E-state index is 11.8. The van der Waals surface area contributed by atoms with Crippen molar-refractivity contribution in [2.24, 2.45) is 5.92 Å². The van der Waals surface area contributed by atoms with Gasteiger partial charge in [-0.15, -0.1) is 0 Å². The van der Waals surface area contributed by atoms with Gasteiger partial charge in [0.05, 0.1) is 12.1 Å². The minimum atomic E-state index is -0.906. The van der Waals surface area contributed by atoms with Gasteiger partial charge >= 0.3 is 5.97 Å². The van der Waals surface area contributed by atoms with Gasteiger partial charge in [-0.25, -0.2) is 4.98 Å². The van der Waals surface area contributed by atoms with Crippen LogP contribution >= 0.6 is 0 Å². The van der Waals surface area contributed by atoms with Crippen LogP contribution in [0.15, 0.2) is 10.8 Å². The summed E-state index contributed by atoms with van der Waals surface area (Å²) in [7, 11) is 0. The first-order valence-corrected chi connectivity index (χ1v) is 5.50. The normalized spacial score (nSPS) is 16.5. The summed E-state index contributed by atoms with van der Waals surface area (Å²) in [6.07, 6.45) is 3.08. The fourth-order valence-corrected chi connectivity index (χ4v) is 1.78.